The van der Waals surface area contributed by atoms with Gasteiger partial charge in [-0.25, -0.2) is 5.48 Å². The van der Waals surface area contributed by atoms with E-state index in [1.54, 1.807) is 7.11 Å². The average molecular weight is 193 g/mol. The van der Waals surface area contributed by atoms with E-state index in [1.807, 2.05) is 0 Å². The van der Waals surface area contributed by atoms with E-state index in [1.165, 1.54) is 5.48 Å². The van der Waals surface area contributed by atoms with E-state index in [0.29, 0.717) is 26.4 Å². The van der Waals surface area contributed by atoms with Gasteiger partial charge < -0.3 is 14.2 Å². The fourth-order valence-corrected chi connectivity index (χ4v) is 0.559. The van der Waals surface area contributed by atoms with Gasteiger partial charge in [0.1, 0.15) is 6.61 Å². The van der Waals surface area contributed by atoms with Gasteiger partial charge in [0.2, 0.25) is 0 Å². The number of hydroxylamine groups is 1. The summed E-state index contributed by atoms with van der Waals surface area (Å²) in [7, 11) is 1.59. The van der Waals surface area contributed by atoms with E-state index < -0.39 is 5.91 Å². The molecular formula is C7H15NO5. The van der Waals surface area contributed by atoms with Crippen molar-refractivity contribution in [3.8, 4) is 0 Å². The van der Waals surface area contributed by atoms with Crippen LogP contribution in [0.3, 0.4) is 0 Å². The SMILES string of the molecule is COCCOCCOCC(=O)NO. The van der Waals surface area contributed by atoms with E-state index in [9.17, 15) is 4.79 Å². The van der Waals surface area contributed by atoms with E-state index in [4.69, 9.17) is 19.4 Å². The summed E-state index contributed by atoms with van der Waals surface area (Å²) in [6.45, 7) is 1.60. The Labute approximate surface area is 76.7 Å². The Morgan fingerprint density at radius 2 is 1.85 bits per heavy atom. The first kappa shape index (κ1) is 12.3. The molecule has 0 radical (unpaired) electrons. The average Bonchev–Trinajstić information content (AvgIpc) is 2.16. The lowest BCUT2D eigenvalue weighted by Crippen LogP contribution is -2.24. The third kappa shape index (κ3) is 9.22. The van der Waals surface area contributed by atoms with Crippen molar-refractivity contribution in [2.45, 2.75) is 0 Å². The van der Waals surface area contributed by atoms with Crippen LogP contribution in [0.1, 0.15) is 0 Å². The standard InChI is InChI=1S/C7H15NO5/c1-11-2-3-12-4-5-13-6-7(9)8-10/h10H,2-6H2,1H3,(H,8,9). The second-order valence-electron chi connectivity index (χ2n) is 2.19. The predicted octanol–water partition coefficient (Wildman–Crippen LogP) is -0.829. The van der Waals surface area contributed by atoms with Crippen molar-refractivity contribution in [3.63, 3.8) is 0 Å². The minimum atomic E-state index is -0.572. The molecule has 0 spiro atoms. The number of amides is 1. The molecule has 0 bridgehead atoms. The minimum Gasteiger partial charge on any atom is -0.382 e. The number of ether oxygens (including phenoxy) is 3. The molecule has 0 heterocycles. The summed E-state index contributed by atoms with van der Waals surface area (Å²) in [6, 6.07) is 0. The van der Waals surface area contributed by atoms with E-state index >= 15 is 0 Å². The first-order chi connectivity index (χ1) is 6.31. The molecule has 6 heteroatoms. The van der Waals surface area contributed by atoms with Crippen molar-refractivity contribution < 1.29 is 24.2 Å². The van der Waals surface area contributed by atoms with Crippen LogP contribution in [0.4, 0.5) is 0 Å². The Morgan fingerprint density at radius 1 is 1.23 bits per heavy atom. The van der Waals surface area contributed by atoms with Crippen molar-refractivity contribution >= 4 is 5.91 Å². The maximum Gasteiger partial charge on any atom is 0.269 e. The zero-order chi connectivity index (χ0) is 9.94. The van der Waals surface area contributed by atoms with Crippen LogP contribution in [0.25, 0.3) is 0 Å². The Bertz CT molecular complexity index is 130. The van der Waals surface area contributed by atoms with Gasteiger partial charge in [0.15, 0.2) is 0 Å². The Kier molecular flexibility index (Phi) is 8.90. The van der Waals surface area contributed by atoms with Crippen LogP contribution in [-0.2, 0) is 19.0 Å². The first-order valence-electron chi connectivity index (χ1n) is 3.88. The second-order valence-corrected chi connectivity index (χ2v) is 2.19. The van der Waals surface area contributed by atoms with Gasteiger partial charge in [-0.1, -0.05) is 0 Å². The molecule has 0 aliphatic rings. The number of hydrogen-bond donors (Lipinski definition) is 2. The van der Waals surface area contributed by atoms with E-state index in [-0.39, 0.29) is 6.61 Å². The number of carbonyl (C=O) groups excluding carboxylic acids is 1. The highest BCUT2D eigenvalue weighted by molar-refractivity contribution is 5.75. The predicted molar refractivity (Wildman–Crippen MR) is 43.4 cm³/mol. The summed E-state index contributed by atoms with van der Waals surface area (Å²) in [6.07, 6.45) is 0. The molecule has 0 aromatic carbocycles. The van der Waals surface area contributed by atoms with Gasteiger partial charge in [0.25, 0.3) is 5.91 Å². The third-order valence-electron chi connectivity index (χ3n) is 1.16. The van der Waals surface area contributed by atoms with Crippen molar-refractivity contribution in [3.05, 3.63) is 0 Å². The largest absolute Gasteiger partial charge is 0.382 e. The van der Waals surface area contributed by atoms with Crippen molar-refractivity contribution in [2.75, 3.05) is 40.1 Å². The van der Waals surface area contributed by atoms with Gasteiger partial charge in [0, 0.05) is 7.11 Å². The lowest BCUT2D eigenvalue weighted by atomic mass is 10.6. The third-order valence-corrected chi connectivity index (χ3v) is 1.16. The molecule has 0 rings (SSSR count). The van der Waals surface area contributed by atoms with Crippen molar-refractivity contribution in [1.82, 2.24) is 5.48 Å². The summed E-state index contributed by atoms with van der Waals surface area (Å²) in [5.41, 5.74) is 1.45. The topological polar surface area (TPSA) is 77.0 Å². The molecular weight excluding hydrogens is 178 g/mol. The number of nitrogens with one attached hydrogen (secondary N) is 1. The molecule has 0 aromatic heterocycles. The van der Waals surface area contributed by atoms with Gasteiger partial charge in [-0.2, -0.15) is 0 Å². The fourth-order valence-electron chi connectivity index (χ4n) is 0.559. The molecule has 13 heavy (non-hydrogen) atoms. The molecule has 2 N–H and O–H groups in total. The molecule has 0 saturated heterocycles. The molecule has 0 aliphatic heterocycles. The zero-order valence-corrected chi connectivity index (χ0v) is 7.62. The number of hydrogen-bond acceptors (Lipinski definition) is 5. The van der Waals surface area contributed by atoms with Crippen molar-refractivity contribution in [1.29, 1.82) is 0 Å². The highest BCUT2D eigenvalue weighted by atomic mass is 16.5. The Balaban J connectivity index is 2.95. The van der Waals surface area contributed by atoms with Crippen LogP contribution in [0.15, 0.2) is 0 Å². The molecule has 78 valence electrons. The maximum absolute atomic E-state index is 10.4. The summed E-state index contributed by atoms with van der Waals surface area (Å²) in [5, 5.41) is 8.08. The Hall–Kier alpha value is -0.690. The summed E-state index contributed by atoms with van der Waals surface area (Å²) < 4.78 is 14.6. The van der Waals surface area contributed by atoms with Crippen LogP contribution < -0.4 is 5.48 Å². The van der Waals surface area contributed by atoms with Gasteiger partial charge in [0.05, 0.1) is 26.4 Å². The quantitative estimate of drug-likeness (QED) is 0.299. The summed E-state index contributed by atoms with van der Waals surface area (Å²) >= 11 is 0. The maximum atomic E-state index is 10.4. The van der Waals surface area contributed by atoms with E-state index in [0.717, 1.165) is 0 Å². The van der Waals surface area contributed by atoms with Crippen LogP contribution >= 0.6 is 0 Å². The highest BCUT2D eigenvalue weighted by Gasteiger charge is 1.97. The normalized spacial score (nSPS) is 10.0. The molecule has 6 nitrogen and oxygen atoms in total. The molecule has 0 aliphatic carbocycles. The molecule has 0 atom stereocenters. The first-order valence-corrected chi connectivity index (χ1v) is 3.88. The molecule has 0 unspecified atom stereocenters. The lowest BCUT2D eigenvalue weighted by Gasteiger charge is -2.03. The van der Waals surface area contributed by atoms with Gasteiger partial charge in [-0.05, 0) is 0 Å². The van der Waals surface area contributed by atoms with Gasteiger partial charge in [-0.15, -0.1) is 0 Å². The Morgan fingerprint density at radius 3 is 2.46 bits per heavy atom. The number of rotatable bonds is 8. The van der Waals surface area contributed by atoms with Crippen LogP contribution in [0.5, 0.6) is 0 Å². The number of methoxy groups -OCH3 is 1. The molecule has 1 amide bonds. The van der Waals surface area contributed by atoms with E-state index in [2.05, 4.69) is 0 Å². The van der Waals surface area contributed by atoms with Crippen LogP contribution in [-0.4, -0.2) is 51.3 Å². The molecule has 0 aromatic rings. The van der Waals surface area contributed by atoms with Crippen molar-refractivity contribution in [2.24, 2.45) is 0 Å². The second kappa shape index (κ2) is 9.40. The minimum absolute atomic E-state index is 0.163. The van der Waals surface area contributed by atoms with Crippen LogP contribution in [0.2, 0.25) is 0 Å². The zero-order valence-electron chi connectivity index (χ0n) is 7.62. The molecule has 0 fully saturated rings. The summed E-state index contributed by atoms with van der Waals surface area (Å²) in [4.78, 5) is 10.4. The fraction of sp³-hybridized carbons (Fsp3) is 0.857. The van der Waals surface area contributed by atoms with Crippen LogP contribution in [0, 0.1) is 0 Å². The molecule has 0 saturated carbocycles. The monoisotopic (exact) mass is 193 g/mol. The lowest BCUT2D eigenvalue weighted by molar-refractivity contribution is -0.134. The van der Waals surface area contributed by atoms with Gasteiger partial charge in [-0.3, -0.25) is 10.0 Å². The number of carbonyl (C=O) groups is 1. The summed E-state index contributed by atoms with van der Waals surface area (Å²) in [5.74, 6) is -0.572. The van der Waals surface area contributed by atoms with Gasteiger partial charge >= 0.3 is 0 Å². The smallest absolute Gasteiger partial charge is 0.269 e. The highest BCUT2D eigenvalue weighted by Crippen LogP contribution is 1.79.